The number of halogens is 1. The molecule has 1 saturated carbocycles. The van der Waals surface area contributed by atoms with Crippen LogP contribution in [0.2, 0.25) is 0 Å². The largest absolute Gasteiger partial charge is 0.388 e. The average Bonchev–Trinajstić information content (AvgIpc) is 2.39. The molecule has 1 fully saturated rings. The van der Waals surface area contributed by atoms with Crippen LogP contribution in [0.25, 0.3) is 0 Å². The molecule has 19 heavy (non-hydrogen) atoms. The lowest BCUT2D eigenvalue weighted by Crippen LogP contribution is -2.42. The number of rotatable bonds is 3. The molecule has 2 nitrogen and oxygen atoms in total. The topological polar surface area (TPSA) is 46.2 Å². The number of hydrogen-bond acceptors (Lipinski definition) is 2. The van der Waals surface area contributed by atoms with Gasteiger partial charge in [0.15, 0.2) is 0 Å². The van der Waals surface area contributed by atoms with Crippen molar-refractivity contribution in [2.75, 3.05) is 6.54 Å². The third kappa shape index (κ3) is 2.82. The summed E-state index contributed by atoms with van der Waals surface area (Å²) >= 11 is 0. The van der Waals surface area contributed by atoms with Gasteiger partial charge in [-0.15, -0.1) is 0 Å². The summed E-state index contributed by atoms with van der Waals surface area (Å²) in [5.41, 5.74) is 6.24. The molecule has 2 rings (SSSR count). The number of nitrogens with two attached hydrogens (primary N) is 1. The Morgan fingerprint density at radius 1 is 1.21 bits per heavy atom. The summed E-state index contributed by atoms with van der Waals surface area (Å²) in [6.07, 6.45) is 2.94. The zero-order valence-corrected chi connectivity index (χ0v) is 11.8. The molecule has 1 atom stereocenters. The summed E-state index contributed by atoms with van der Waals surface area (Å²) in [5, 5.41) is 10.6. The molecule has 3 heteroatoms. The van der Waals surface area contributed by atoms with Crippen molar-refractivity contribution >= 4 is 0 Å². The van der Waals surface area contributed by atoms with Crippen LogP contribution in [-0.4, -0.2) is 11.7 Å². The first-order valence-corrected chi connectivity index (χ1v) is 7.03. The Balaban J connectivity index is 2.25. The molecule has 0 saturated heterocycles. The van der Waals surface area contributed by atoms with Gasteiger partial charge in [-0.2, -0.15) is 0 Å². The fraction of sp³-hybridized carbons (Fsp3) is 0.625. The van der Waals surface area contributed by atoms with E-state index in [0.29, 0.717) is 17.5 Å². The van der Waals surface area contributed by atoms with Gasteiger partial charge >= 0.3 is 0 Å². The van der Waals surface area contributed by atoms with E-state index in [9.17, 15) is 9.50 Å². The van der Waals surface area contributed by atoms with Gasteiger partial charge in [0.1, 0.15) is 5.82 Å². The predicted octanol–water partition coefficient (Wildman–Crippen LogP) is 3.40. The lowest BCUT2D eigenvalue weighted by molar-refractivity contribution is -0.0253. The second-order valence-corrected chi connectivity index (χ2v) is 6.65. The lowest BCUT2D eigenvalue weighted by atomic mass is 9.62. The molecule has 0 amide bonds. The molecule has 0 radical (unpaired) electrons. The summed E-state index contributed by atoms with van der Waals surface area (Å²) in [4.78, 5) is 0. The minimum atomic E-state index is -0.810. The van der Waals surface area contributed by atoms with Gasteiger partial charge in [-0.1, -0.05) is 32.0 Å². The van der Waals surface area contributed by atoms with Crippen molar-refractivity contribution in [3.63, 3.8) is 0 Å². The van der Waals surface area contributed by atoms with Crippen LogP contribution in [0.3, 0.4) is 0 Å². The van der Waals surface area contributed by atoms with Crippen LogP contribution >= 0.6 is 0 Å². The van der Waals surface area contributed by atoms with Crippen molar-refractivity contribution in [2.24, 2.45) is 16.6 Å². The van der Waals surface area contributed by atoms with E-state index < -0.39 is 6.10 Å². The standard InChI is InChI=1S/C16H24FNO/c1-15(2)7-9-16(11-18,10-8-15)14(19)12-5-3-4-6-13(12)17/h3-6,14,19H,7-11,18H2,1-2H3. The van der Waals surface area contributed by atoms with Crippen LogP contribution < -0.4 is 5.73 Å². The summed E-state index contributed by atoms with van der Waals surface area (Å²) < 4.78 is 13.9. The van der Waals surface area contributed by atoms with E-state index in [2.05, 4.69) is 13.8 Å². The molecule has 1 aliphatic rings. The molecule has 1 aromatic rings. The quantitative estimate of drug-likeness (QED) is 0.879. The van der Waals surface area contributed by atoms with Gasteiger partial charge in [-0.3, -0.25) is 0 Å². The molecule has 106 valence electrons. The van der Waals surface area contributed by atoms with E-state index in [1.807, 2.05) is 0 Å². The average molecular weight is 265 g/mol. The van der Waals surface area contributed by atoms with Gasteiger partial charge in [0.25, 0.3) is 0 Å². The molecule has 0 aliphatic heterocycles. The Kier molecular flexibility index (Phi) is 3.98. The fourth-order valence-electron chi connectivity index (χ4n) is 3.04. The predicted molar refractivity (Wildman–Crippen MR) is 75.1 cm³/mol. The molecular weight excluding hydrogens is 241 g/mol. The normalized spacial score (nSPS) is 23.0. The van der Waals surface area contributed by atoms with Crippen LogP contribution in [-0.2, 0) is 0 Å². The molecule has 1 unspecified atom stereocenters. The Bertz CT molecular complexity index is 434. The van der Waals surface area contributed by atoms with Crippen molar-refractivity contribution in [1.29, 1.82) is 0 Å². The SMILES string of the molecule is CC1(C)CCC(CN)(C(O)c2ccccc2F)CC1. The molecule has 0 heterocycles. The van der Waals surface area contributed by atoms with Crippen LogP contribution in [0.15, 0.2) is 24.3 Å². The van der Waals surface area contributed by atoms with E-state index in [1.165, 1.54) is 6.07 Å². The fourth-order valence-corrected chi connectivity index (χ4v) is 3.04. The van der Waals surface area contributed by atoms with E-state index in [0.717, 1.165) is 25.7 Å². The third-order valence-corrected chi connectivity index (χ3v) is 4.79. The van der Waals surface area contributed by atoms with Crippen molar-refractivity contribution < 1.29 is 9.50 Å². The van der Waals surface area contributed by atoms with E-state index in [1.54, 1.807) is 18.2 Å². The van der Waals surface area contributed by atoms with E-state index in [4.69, 9.17) is 5.73 Å². The number of hydrogen-bond donors (Lipinski definition) is 2. The van der Waals surface area contributed by atoms with Gasteiger partial charge in [-0.25, -0.2) is 4.39 Å². The first-order valence-electron chi connectivity index (χ1n) is 7.03. The smallest absolute Gasteiger partial charge is 0.129 e. The molecule has 3 N–H and O–H groups in total. The Labute approximate surface area is 114 Å². The molecule has 0 aromatic heterocycles. The zero-order chi connectivity index (χ0) is 14.1. The molecule has 0 spiro atoms. The number of benzene rings is 1. The monoisotopic (exact) mass is 265 g/mol. The Morgan fingerprint density at radius 2 is 1.79 bits per heavy atom. The lowest BCUT2D eigenvalue weighted by Gasteiger charge is -2.45. The van der Waals surface area contributed by atoms with Gasteiger partial charge in [-0.05, 0) is 37.2 Å². The molecular formula is C16H24FNO. The van der Waals surface area contributed by atoms with Crippen LogP contribution in [0.4, 0.5) is 4.39 Å². The van der Waals surface area contributed by atoms with Crippen LogP contribution in [0.5, 0.6) is 0 Å². The first kappa shape index (κ1) is 14.5. The Morgan fingerprint density at radius 3 is 2.32 bits per heavy atom. The van der Waals surface area contributed by atoms with Crippen LogP contribution in [0, 0.1) is 16.6 Å². The first-order chi connectivity index (χ1) is 8.90. The highest BCUT2D eigenvalue weighted by Crippen LogP contribution is 2.50. The summed E-state index contributed by atoms with van der Waals surface area (Å²) in [7, 11) is 0. The highest BCUT2D eigenvalue weighted by Gasteiger charge is 2.43. The van der Waals surface area contributed by atoms with E-state index >= 15 is 0 Å². The van der Waals surface area contributed by atoms with Crippen molar-refractivity contribution in [3.8, 4) is 0 Å². The maximum atomic E-state index is 13.9. The third-order valence-electron chi connectivity index (χ3n) is 4.79. The van der Waals surface area contributed by atoms with Crippen molar-refractivity contribution in [2.45, 2.75) is 45.6 Å². The molecule has 1 aliphatic carbocycles. The number of aliphatic hydroxyl groups is 1. The second kappa shape index (κ2) is 5.22. The maximum Gasteiger partial charge on any atom is 0.129 e. The van der Waals surface area contributed by atoms with Crippen molar-refractivity contribution in [1.82, 2.24) is 0 Å². The number of aliphatic hydroxyl groups excluding tert-OH is 1. The highest BCUT2D eigenvalue weighted by atomic mass is 19.1. The Hall–Kier alpha value is -0.930. The molecule has 0 bridgehead atoms. The minimum absolute atomic E-state index is 0.299. The van der Waals surface area contributed by atoms with Crippen molar-refractivity contribution in [3.05, 3.63) is 35.6 Å². The van der Waals surface area contributed by atoms with E-state index in [-0.39, 0.29) is 11.2 Å². The van der Waals surface area contributed by atoms with Gasteiger partial charge < -0.3 is 10.8 Å². The van der Waals surface area contributed by atoms with Gasteiger partial charge in [0.2, 0.25) is 0 Å². The zero-order valence-electron chi connectivity index (χ0n) is 11.8. The molecule has 1 aromatic carbocycles. The minimum Gasteiger partial charge on any atom is -0.388 e. The van der Waals surface area contributed by atoms with Crippen LogP contribution in [0.1, 0.15) is 51.2 Å². The van der Waals surface area contributed by atoms with Gasteiger partial charge in [0, 0.05) is 17.5 Å². The highest BCUT2D eigenvalue weighted by molar-refractivity contribution is 5.22. The second-order valence-electron chi connectivity index (χ2n) is 6.65. The maximum absolute atomic E-state index is 13.9. The summed E-state index contributed by atoms with van der Waals surface area (Å²) in [5.74, 6) is -0.340. The van der Waals surface area contributed by atoms with Gasteiger partial charge in [0.05, 0.1) is 6.10 Å². The summed E-state index contributed by atoms with van der Waals surface area (Å²) in [6.45, 7) is 4.88. The summed E-state index contributed by atoms with van der Waals surface area (Å²) in [6, 6.07) is 6.47.